The van der Waals surface area contributed by atoms with E-state index in [9.17, 15) is 4.79 Å². The molecule has 1 aromatic heterocycles. The molecule has 0 bridgehead atoms. The number of hydrogen-bond donors (Lipinski definition) is 2. The Kier molecular flexibility index (Phi) is 4.36. The number of carbonyl (C=O) groups is 1. The number of fused-ring (bicyclic) bond motifs is 1. The Morgan fingerprint density at radius 2 is 1.76 bits per heavy atom. The molecule has 2 N–H and O–H groups in total. The Bertz CT molecular complexity index is 885. The van der Waals surface area contributed by atoms with Crippen molar-refractivity contribution in [3.05, 3.63) is 59.2 Å². The van der Waals surface area contributed by atoms with Gasteiger partial charge in [0.2, 0.25) is 0 Å². The van der Waals surface area contributed by atoms with Crippen molar-refractivity contribution in [2.45, 2.75) is 0 Å². The van der Waals surface area contributed by atoms with Crippen LogP contribution in [0.15, 0.2) is 59.2 Å². The lowest BCUT2D eigenvalue weighted by Crippen LogP contribution is -2.50. The lowest BCUT2D eigenvalue weighted by atomic mass is 10.2. The maximum absolute atomic E-state index is 12.6. The summed E-state index contributed by atoms with van der Waals surface area (Å²) in [7, 11) is 0. The molecule has 1 saturated heterocycles. The Hall–Kier alpha value is -2.47. The molecular weight excluding hydrogens is 380 g/mol. The van der Waals surface area contributed by atoms with E-state index in [0.29, 0.717) is 13.1 Å². The summed E-state index contributed by atoms with van der Waals surface area (Å²) in [6.07, 6.45) is 1.84. The minimum atomic E-state index is -0.0476. The summed E-state index contributed by atoms with van der Waals surface area (Å²) >= 11 is 3.52. The molecule has 3 aromatic rings. The average molecular weight is 399 g/mol. The van der Waals surface area contributed by atoms with Crippen molar-refractivity contribution in [2.75, 3.05) is 36.4 Å². The number of nitrogens with zero attached hydrogens (tertiary/aromatic N) is 2. The van der Waals surface area contributed by atoms with E-state index in [0.717, 1.165) is 34.2 Å². The van der Waals surface area contributed by atoms with Gasteiger partial charge < -0.3 is 20.1 Å². The van der Waals surface area contributed by atoms with Gasteiger partial charge in [-0.3, -0.25) is 0 Å². The molecule has 1 fully saturated rings. The van der Waals surface area contributed by atoms with E-state index in [1.54, 1.807) is 0 Å². The molecule has 2 aromatic carbocycles. The minimum absolute atomic E-state index is 0.0476. The fourth-order valence-electron chi connectivity index (χ4n) is 3.22. The van der Waals surface area contributed by atoms with Gasteiger partial charge in [0.05, 0.1) is 11.2 Å². The zero-order valence-electron chi connectivity index (χ0n) is 13.7. The number of aromatic amines is 1. The Morgan fingerprint density at radius 1 is 1.00 bits per heavy atom. The largest absolute Gasteiger partial charge is 0.368 e. The number of piperazine rings is 1. The summed E-state index contributed by atoms with van der Waals surface area (Å²) in [5.74, 6) is 0. The number of benzene rings is 2. The number of rotatable bonds is 2. The number of urea groups is 1. The standard InChI is InChI=1S/C19H19BrN4O/c20-16-8-4-7-15-17(13-21-18(15)16)22-19(25)24-11-9-23(10-12-24)14-5-2-1-3-6-14/h1-8,13,21H,9-12H2,(H,22,25). The van der Waals surface area contributed by atoms with Gasteiger partial charge in [-0.25, -0.2) is 4.79 Å². The molecule has 0 atom stereocenters. The van der Waals surface area contributed by atoms with Crippen molar-refractivity contribution in [3.63, 3.8) is 0 Å². The molecular formula is C19H19BrN4O. The van der Waals surface area contributed by atoms with Crippen molar-refractivity contribution >= 4 is 44.2 Å². The SMILES string of the molecule is O=C(Nc1c[nH]c2c(Br)cccc12)N1CCN(c2ccccc2)CC1. The van der Waals surface area contributed by atoms with Gasteiger partial charge in [0.25, 0.3) is 0 Å². The van der Waals surface area contributed by atoms with Crippen LogP contribution in [0.4, 0.5) is 16.2 Å². The lowest BCUT2D eigenvalue weighted by Gasteiger charge is -2.36. The summed E-state index contributed by atoms with van der Waals surface area (Å²) in [6, 6.07) is 16.2. The van der Waals surface area contributed by atoms with Gasteiger partial charge in [-0.05, 0) is 34.1 Å². The van der Waals surface area contributed by atoms with Crippen LogP contribution in [0.25, 0.3) is 10.9 Å². The highest BCUT2D eigenvalue weighted by Crippen LogP contribution is 2.29. The number of nitrogens with one attached hydrogen (secondary N) is 2. The summed E-state index contributed by atoms with van der Waals surface area (Å²) in [5, 5.41) is 4.04. The molecule has 0 saturated carbocycles. The molecule has 0 spiro atoms. The number of para-hydroxylation sites is 2. The fraction of sp³-hybridized carbons (Fsp3) is 0.211. The summed E-state index contributed by atoms with van der Waals surface area (Å²) in [6.45, 7) is 3.12. The normalized spacial score (nSPS) is 14.8. The maximum atomic E-state index is 12.6. The van der Waals surface area contributed by atoms with Crippen molar-refractivity contribution < 1.29 is 4.79 Å². The fourth-order valence-corrected chi connectivity index (χ4v) is 3.70. The predicted octanol–water partition coefficient (Wildman–Crippen LogP) is 4.28. The molecule has 0 radical (unpaired) electrons. The number of hydrogen-bond acceptors (Lipinski definition) is 2. The third kappa shape index (κ3) is 3.22. The van der Waals surface area contributed by atoms with Crippen LogP contribution >= 0.6 is 15.9 Å². The second-order valence-corrected chi connectivity index (χ2v) is 6.96. The third-order valence-electron chi connectivity index (χ3n) is 4.59. The molecule has 6 heteroatoms. The van der Waals surface area contributed by atoms with E-state index >= 15 is 0 Å². The van der Waals surface area contributed by atoms with Gasteiger partial charge in [-0.2, -0.15) is 0 Å². The first kappa shape index (κ1) is 16.0. The average Bonchev–Trinajstić information content (AvgIpc) is 3.07. The van der Waals surface area contributed by atoms with Gasteiger partial charge in [0, 0.05) is 47.9 Å². The molecule has 25 heavy (non-hydrogen) atoms. The highest BCUT2D eigenvalue weighted by atomic mass is 79.9. The van der Waals surface area contributed by atoms with E-state index in [1.165, 1.54) is 5.69 Å². The Labute approximate surface area is 154 Å². The smallest absolute Gasteiger partial charge is 0.322 e. The van der Waals surface area contributed by atoms with Crippen LogP contribution in [0.5, 0.6) is 0 Å². The first-order valence-electron chi connectivity index (χ1n) is 8.34. The quantitative estimate of drug-likeness (QED) is 0.676. The molecule has 4 rings (SSSR count). The van der Waals surface area contributed by atoms with E-state index in [-0.39, 0.29) is 6.03 Å². The second-order valence-electron chi connectivity index (χ2n) is 6.10. The van der Waals surface area contributed by atoms with Crippen LogP contribution in [-0.4, -0.2) is 42.1 Å². The highest BCUT2D eigenvalue weighted by molar-refractivity contribution is 9.10. The molecule has 1 aliphatic heterocycles. The van der Waals surface area contributed by atoms with Gasteiger partial charge in [-0.15, -0.1) is 0 Å². The summed E-state index contributed by atoms with van der Waals surface area (Å²) in [4.78, 5) is 20.0. The molecule has 1 aliphatic rings. The van der Waals surface area contributed by atoms with Crippen molar-refractivity contribution in [1.82, 2.24) is 9.88 Å². The molecule has 2 amide bonds. The van der Waals surface area contributed by atoms with Crippen molar-refractivity contribution in [2.24, 2.45) is 0 Å². The van der Waals surface area contributed by atoms with E-state index < -0.39 is 0 Å². The predicted molar refractivity (Wildman–Crippen MR) is 105 cm³/mol. The van der Waals surface area contributed by atoms with Gasteiger partial charge in [0.15, 0.2) is 0 Å². The van der Waals surface area contributed by atoms with Crippen LogP contribution in [-0.2, 0) is 0 Å². The second kappa shape index (κ2) is 6.80. The van der Waals surface area contributed by atoms with Crippen LogP contribution in [0.1, 0.15) is 0 Å². The number of aromatic nitrogens is 1. The monoisotopic (exact) mass is 398 g/mol. The van der Waals surface area contributed by atoms with Gasteiger partial charge >= 0.3 is 6.03 Å². The van der Waals surface area contributed by atoms with Crippen molar-refractivity contribution in [3.8, 4) is 0 Å². The first-order chi connectivity index (χ1) is 12.2. The zero-order chi connectivity index (χ0) is 17.2. The van der Waals surface area contributed by atoms with E-state index in [1.807, 2.05) is 47.5 Å². The van der Waals surface area contributed by atoms with Gasteiger partial charge in [0.1, 0.15) is 0 Å². The first-order valence-corrected chi connectivity index (χ1v) is 9.13. The Balaban J connectivity index is 1.41. The van der Waals surface area contributed by atoms with Crippen LogP contribution in [0, 0.1) is 0 Å². The van der Waals surface area contributed by atoms with E-state index in [2.05, 4.69) is 43.3 Å². The molecule has 128 valence electrons. The van der Waals surface area contributed by atoms with Crippen molar-refractivity contribution in [1.29, 1.82) is 0 Å². The molecule has 5 nitrogen and oxygen atoms in total. The Morgan fingerprint density at radius 3 is 2.52 bits per heavy atom. The van der Waals surface area contributed by atoms with Crippen LogP contribution < -0.4 is 10.2 Å². The van der Waals surface area contributed by atoms with Crippen LogP contribution in [0.3, 0.4) is 0 Å². The van der Waals surface area contributed by atoms with E-state index in [4.69, 9.17) is 0 Å². The molecule has 2 heterocycles. The summed E-state index contributed by atoms with van der Waals surface area (Å²) in [5.41, 5.74) is 3.02. The number of anilines is 2. The lowest BCUT2D eigenvalue weighted by molar-refractivity contribution is 0.208. The molecule has 0 aliphatic carbocycles. The van der Waals surface area contributed by atoms with Crippen LogP contribution in [0.2, 0.25) is 0 Å². The highest BCUT2D eigenvalue weighted by Gasteiger charge is 2.22. The summed E-state index contributed by atoms with van der Waals surface area (Å²) < 4.78 is 0.988. The number of amides is 2. The number of carbonyl (C=O) groups excluding carboxylic acids is 1. The van der Waals surface area contributed by atoms with Gasteiger partial charge in [-0.1, -0.05) is 30.3 Å². The number of H-pyrrole nitrogens is 1. The number of halogens is 1. The minimum Gasteiger partial charge on any atom is -0.368 e. The maximum Gasteiger partial charge on any atom is 0.322 e. The molecule has 0 unspecified atom stereocenters. The topological polar surface area (TPSA) is 51.4 Å². The zero-order valence-corrected chi connectivity index (χ0v) is 15.3. The third-order valence-corrected chi connectivity index (χ3v) is 5.26.